The van der Waals surface area contributed by atoms with Gasteiger partial charge in [-0.1, -0.05) is 25.6 Å². The molecule has 0 saturated heterocycles. The zero-order valence-corrected chi connectivity index (χ0v) is 12.1. The molecule has 8 heteroatoms. The van der Waals surface area contributed by atoms with Crippen molar-refractivity contribution in [2.45, 2.75) is 32.9 Å². The van der Waals surface area contributed by atoms with Crippen molar-refractivity contribution in [2.75, 3.05) is 5.75 Å². The Balaban J connectivity index is 0. The maximum Gasteiger partial charge on any atom is 0.327 e. The summed E-state index contributed by atoms with van der Waals surface area (Å²) in [6, 6.07) is -1.69. The number of carbonyl (C=O) groups is 3. The van der Waals surface area contributed by atoms with E-state index in [1.165, 1.54) is 6.92 Å². The highest BCUT2D eigenvalue weighted by Crippen LogP contribution is 2.12. The quantitative estimate of drug-likeness (QED) is 0.648. The number of hydrogen-bond acceptors (Lipinski definition) is 5. The Morgan fingerprint density at radius 3 is 2.17 bits per heavy atom. The molecule has 0 unspecified atom stereocenters. The number of nitrogens with one attached hydrogen (secondary N) is 1. The van der Waals surface area contributed by atoms with Crippen molar-refractivity contribution < 1.29 is 19.5 Å². The fraction of sp³-hybridized carbons (Fsp3) is 0.700. The van der Waals surface area contributed by atoms with Crippen LogP contribution in [0.2, 0.25) is 0 Å². The lowest BCUT2D eigenvalue weighted by Crippen LogP contribution is -2.42. The molecule has 0 bridgehead atoms. The van der Waals surface area contributed by atoms with Crippen LogP contribution in [0, 0.1) is 5.92 Å². The number of carboxylic acids is 1. The van der Waals surface area contributed by atoms with Crippen molar-refractivity contribution in [1.29, 1.82) is 0 Å². The minimum Gasteiger partial charge on any atom is -0.480 e. The highest BCUT2D eigenvalue weighted by molar-refractivity contribution is 8.13. The molecule has 0 aliphatic carbocycles. The highest BCUT2D eigenvalue weighted by Gasteiger charge is 2.23. The molecule has 0 saturated carbocycles. The van der Waals surface area contributed by atoms with E-state index in [0.717, 1.165) is 11.8 Å². The summed E-state index contributed by atoms with van der Waals surface area (Å²) < 4.78 is 0. The molecule has 0 radical (unpaired) electrons. The van der Waals surface area contributed by atoms with Gasteiger partial charge in [0.25, 0.3) is 0 Å². The minimum absolute atomic E-state index is 0. The standard InChI is InChI=1S/C10H18N2O4S.ClH/c1-5(2)8(11)10(16)17-4-7(9(14)15)12-6(3)13;/h5,7-8H,4,11H2,1-3H3,(H,12,13)(H,14,15);1H/t7-,8-;/m0./s1. The molecule has 4 N–H and O–H groups in total. The predicted octanol–water partition coefficient (Wildman–Crippen LogP) is 0.241. The topological polar surface area (TPSA) is 109 Å². The Kier molecular flexibility index (Phi) is 9.97. The van der Waals surface area contributed by atoms with Crippen molar-refractivity contribution in [2.24, 2.45) is 11.7 Å². The second kappa shape index (κ2) is 9.18. The molecule has 18 heavy (non-hydrogen) atoms. The summed E-state index contributed by atoms with van der Waals surface area (Å²) in [5.74, 6) is -1.63. The van der Waals surface area contributed by atoms with Crippen LogP contribution in [-0.4, -0.2) is 39.9 Å². The van der Waals surface area contributed by atoms with E-state index in [-0.39, 0.29) is 29.2 Å². The van der Waals surface area contributed by atoms with Crippen LogP contribution in [-0.2, 0) is 14.4 Å². The summed E-state index contributed by atoms with van der Waals surface area (Å²) >= 11 is 0.832. The number of aliphatic carboxylic acids is 1. The van der Waals surface area contributed by atoms with Crippen molar-refractivity contribution in [3.05, 3.63) is 0 Å². The lowest BCUT2D eigenvalue weighted by atomic mass is 10.1. The maximum absolute atomic E-state index is 11.5. The molecule has 6 nitrogen and oxygen atoms in total. The third kappa shape index (κ3) is 7.52. The number of carbonyl (C=O) groups excluding carboxylic acids is 2. The van der Waals surface area contributed by atoms with Crippen molar-refractivity contribution in [3.63, 3.8) is 0 Å². The number of rotatable bonds is 6. The maximum atomic E-state index is 11.5. The van der Waals surface area contributed by atoms with Gasteiger partial charge < -0.3 is 16.2 Å². The summed E-state index contributed by atoms with van der Waals surface area (Å²) in [6.45, 7) is 4.85. The molecule has 0 aromatic rings. The Morgan fingerprint density at radius 2 is 1.83 bits per heavy atom. The largest absolute Gasteiger partial charge is 0.480 e. The van der Waals surface area contributed by atoms with E-state index in [2.05, 4.69) is 5.32 Å². The molecular weight excluding hydrogens is 280 g/mol. The van der Waals surface area contributed by atoms with E-state index in [4.69, 9.17) is 10.8 Å². The van der Waals surface area contributed by atoms with Crippen LogP contribution in [0.25, 0.3) is 0 Å². The number of thioether (sulfide) groups is 1. The van der Waals surface area contributed by atoms with Gasteiger partial charge in [0.15, 0.2) is 0 Å². The van der Waals surface area contributed by atoms with Gasteiger partial charge in [-0.15, -0.1) is 12.4 Å². The first-order chi connectivity index (χ1) is 7.75. The van der Waals surface area contributed by atoms with E-state index in [9.17, 15) is 14.4 Å². The second-order valence-corrected chi connectivity index (χ2v) is 5.02. The van der Waals surface area contributed by atoms with E-state index < -0.39 is 24.0 Å². The molecule has 0 fully saturated rings. The molecule has 2 atom stereocenters. The zero-order valence-electron chi connectivity index (χ0n) is 10.5. The Hall–Kier alpha value is -0.790. The summed E-state index contributed by atoms with van der Waals surface area (Å²) in [5.41, 5.74) is 5.62. The van der Waals surface area contributed by atoms with Gasteiger partial charge >= 0.3 is 5.97 Å². The normalized spacial score (nSPS) is 13.4. The van der Waals surface area contributed by atoms with Crippen molar-refractivity contribution in [3.8, 4) is 0 Å². The van der Waals surface area contributed by atoms with Crippen molar-refractivity contribution >= 4 is 41.2 Å². The molecule has 106 valence electrons. The van der Waals surface area contributed by atoms with E-state index in [0.29, 0.717) is 0 Å². The van der Waals surface area contributed by atoms with E-state index in [1.54, 1.807) is 0 Å². The smallest absolute Gasteiger partial charge is 0.327 e. The zero-order chi connectivity index (χ0) is 13.6. The van der Waals surface area contributed by atoms with Crippen LogP contribution in [0.4, 0.5) is 0 Å². The first kappa shape index (κ1) is 19.5. The lowest BCUT2D eigenvalue weighted by Gasteiger charge is -2.16. The van der Waals surface area contributed by atoms with Gasteiger partial charge in [0, 0.05) is 12.7 Å². The number of carboxylic acid groups (broad SMARTS) is 1. The first-order valence-corrected chi connectivity index (χ1v) is 6.16. The fourth-order valence-corrected chi connectivity index (χ4v) is 1.98. The summed E-state index contributed by atoms with van der Waals surface area (Å²) in [7, 11) is 0. The molecule has 0 spiro atoms. The van der Waals surface area contributed by atoms with Gasteiger partial charge in [0.2, 0.25) is 11.0 Å². The number of hydrogen-bond donors (Lipinski definition) is 3. The van der Waals surface area contributed by atoms with Gasteiger partial charge in [-0.2, -0.15) is 0 Å². The average Bonchev–Trinajstić information content (AvgIpc) is 2.21. The molecule has 0 aliphatic rings. The first-order valence-electron chi connectivity index (χ1n) is 5.17. The lowest BCUT2D eigenvalue weighted by molar-refractivity contribution is -0.140. The fourth-order valence-electron chi connectivity index (χ4n) is 0.954. The third-order valence-corrected chi connectivity index (χ3v) is 3.11. The Bertz CT molecular complexity index is 312. The highest BCUT2D eigenvalue weighted by atomic mass is 35.5. The van der Waals surface area contributed by atoms with Gasteiger partial charge in [-0.3, -0.25) is 9.59 Å². The third-order valence-electron chi connectivity index (χ3n) is 2.06. The van der Waals surface area contributed by atoms with Crippen LogP contribution in [0.3, 0.4) is 0 Å². The van der Waals surface area contributed by atoms with Crippen LogP contribution in [0.1, 0.15) is 20.8 Å². The average molecular weight is 299 g/mol. The van der Waals surface area contributed by atoms with Crippen LogP contribution in [0.5, 0.6) is 0 Å². The van der Waals surface area contributed by atoms with Gasteiger partial charge in [-0.25, -0.2) is 4.79 Å². The molecule has 0 heterocycles. The monoisotopic (exact) mass is 298 g/mol. The van der Waals surface area contributed by atoms with Crippen molar-refractivity contribution in [1.82, 2.24) is 5.32 Å². The van der Waals surface area contributed by atoms with Gasteiger partial charge in [-0.05, 0) is 5.92 Å². The van der Waals surface area contributed by atoms with Gasteiger partial charge in [0.1, 0.15) is 6.04 Å². The summed E-state index contributed by atoms with van der Waals surface area (Å²) in [4.78, 5) is 33.1. The SMILES string of the molecule is CC(=O)N[C@@H](CSC(=O)[C@@H](N)C(C)C)C(=O)O.Cl. The predicted molar refractivity (Wildman–Crippen MR) is 72.8 cm³/mol. The van der Waals surface area contributed by atoms with E-state index >= 15 is 0 Å². The molecule has 0 rings (SSSR count). The number of amides is 1. The Morgan fingerprint density at radius 1 is 1.33 bits per heavy atom. The summed E-state index contributed by atoms with van der Waals surface area (Å²) in [5, 5.41) is 10.8. The Labute approximate surface area is 116 Å². The molecule has 1 amide bonds. The van der Waals surface area contributed by atoms with Crippen LogP contribution >= 0.6 is 24.2 Å². The van der Waals surface area contributed by atoms with Crippen LogP contribution < -0.4 is 11.1 Å². The summed E-state index contributed by atoms with van der Waals surface area (Å²) in [6.07, 6.45) is 0. The molecular formula is C10H19ClN2O4S. The molecule has 0 aromatic heterocycles. The molecule has 0 aliphatic heterocycles. The second-order valence-electron chi connectivity index (χ2n) is 3.99. The number of halogens is 1. The van der Waals surface area contributed by atoms with E-state index in [1.807, 2.05) is 13.8 Å². The van der Waals surface area contributed by atoms with Gasteiger partial charge in [0.05, 0.1) is 6.04 Å². The number of nitrogens with two attached hydrogens (primary N) is 1. The minimum atomic E-state index is -1.17. The van der Waals surface area contributed by atoms with Crippen LogP contribution in [0.15, 0.2) is 0 Å². The molecule has 0 aromatic carbocycles.